The molecule has 0 bridgehead atoms. The summed E-state index contributed by atoms with van der Waals surface area (Å²) >= 11 is 0. The van der Waals surface area contributed by atoms with E-state index in [0.29, 0.717) is 5.89 Å². The first-order valence-corrected chi connectivity index (χ1v) is 5.98. The van der Waals surface area contributed by atoms with Gasteiger partial charge in [-0.3, -0.25) is 4.90 Å². The maximum atomic E-state index is 9.35. The highest BCUT2D eigenvalue weighted by molar-refractivity contribution is 4.97. The van der Waals surface area contributed by atoms with E-state index in [1.54, 1.807) is 6.92 Å². The molecule has 0 spiro atoms. The fourth-order valence-electron chi connectivity index (χ4n) is 2.21. The van der Waals surface area contributed by atoms with Crippen LogP contribution in [0, 0.1) is 0 Å². The largest absolute Gasteiger partial charge is 0.384 e. The third kappa shape index (κ3) is 2.25. The number of aliphatic hydroxyl groups excluding tert-OH is 1. The molecule has 16 heavy (non-hydrogen) atoms. The van der Waals surface area contributed by atoms with E-state index in [2.05, 4.69) is 22.0 Å². The van der Waals surface area contributed by atoms with Crippen LogP contribution in [0.5, 0.6) is 0 Å². The number of nitrogens with zero attached hydrogens (tertiary/aromatic N) is 3. The molecule has 1 aromatic heterocycles. The van der Waals surface area contributed by atoms with Gasteiger partial charge in [0, 0.05) is 0 Å². The first-order chi connectivity index (χ1) is 7.72. The summed E-state index contributed by atoms with van der Waals surface area (Å²) in [6, 6.07) is 0.259. The van der Waals surface area contributed by atoms with E-state index in [0.717, 1.165) is 25.3 Å². The Hall–Kier alpha value is -0.940. The smallest absolute Gasteiger partial charge is 0.255 e. The van der Waals surface area contributed by atoms with Gasteiger partial charge >= 0.3 is 0 Å². The maximum Gasteiger partial charge on any atom is 0.255 e. The van der Waals surface area contributed by atoms with Crippen molar-refractivity contribution in [1.29, 1.82) is 0 Å². The Morgan fingerprint density at radius 3 is 3.00 bits per heavy atom. The molecule has 90 valence electrons. The first-order valence-electron chi connectivity index (χ1n) is 5.98. The fourth-order valence-corrected chi connectivity index (χ4v) is 2.21. The normalized spacial score (nSPS) is 24.6. The van der Waals surface area contributed by atoms with Gasteiger partial charge in [-0.2, -0.15) is 4.98 Å². The van der Waals surface area contributed by atoms with E-state index in [-0.39, 0.29) is 6.04 Å². The second-order valence-electron chi connectivity index (χ2n) is 4.31. The molecule has 2 rings (SSSR count). The number of hydrogen-bond acceptors (Lipinski definition) is 5. The predicted molar refractivity (Wildman–Crippen MR) is 58.8 cm³/mol. The Balaban J connectivity index is 2.14. The summed E-state index contributed by atoms with van der Waals surface area (Å²) < 4.78 is 5.03. The molecular formula is C11H19N3O2. The molecule has 0 aliphatic carbocycles. The zero-order valence-electron chi connectivity index (χ0n) is 9.89. The van der Waals surface area contributed by atoms with Gasteiger partial charge in [0.15, 0.2) is 5.82 Å². The second-order valence-corrected chi connectivity index (χ2v) is 4.31. The Labute approximate surface area is 95.4 Å². The summed E-state index contributed by atoms with van der Waals surface area (Å²) in [7, 11) is 0. The lowest BCUT2D eigenvalue weighted by atomic mass is 10.0. The van der Waals surface area contributed by atoms with Crippen molar-refractivity contribution in [1.82, 2.24) is 15.0 Å². The third-order valence-electron chi connectivity index (χ3n) is 3.13. The van der Waals surface area contributed by atoms with Gasteiger partial charge in [-0.1, -0.05) is 18.5 Å². The van der Waals surface area contributed by atoms with Crippen molar-refractivity contribution >= 4 is 0 Å². The number of aromatic nitrogens is 2. The summed E-state index contributed by atoms with van der Waals surface area (Å²) in [4.78, 5) is 6.62. The van der Waals surface area contributed by atoms with Crippen LogP contribution < -0.4 is 0 Å². The van der Waals surface area contributed by atoms with Crippen LogP contribution in [0.25, 0.3) is 0 Å². The standard InChI is InChI=1S/C11H19N3O2/c1-3-14-7-5-4-6-9(14)10-12-11(8(2)15)16-13-10/h8-9,15H,3-7H2,1-2H3. The molecule has 0 aromatic carbocycles. The molecule has 1 saturated heterocycles. The van der Waals surface area contributed by atoms with Gasteiger partial charge in [-0.15, -0.1) is 0 Å². The molecule has 5 nitrogen and oxygen atoms in total. The molecule has 1 N–H and O–H groups in total. The molecule has 2 unspecified atom stereocenters. The van der Waals surface area contributed by atoms with Gasteiger partial charge in [-0.05, 0) is 32.9 Å². The summed E-state index contributed by atoms with van der Waals surface area (Å²) in [5.41, 5.74) is 0. The average Bonchev–Trinajstić information content (AvgIpc) is 2.78. The van der Waals surface area contributed by atoms with Crippen molar-refractivity contribution in [3.63, 3.8) is 0 Å². The van der Waals surface area contributed by atoms with E-state index < -0.39 is 6.10 Å². The molecule has 1 aliphatic heterocycles. The second kappa shape index (κ2) is 4.93. The predicted octanol–water partition coefficient (Wildman–Crippen LogP) is 1.67. The zero-order chi connectivity index (χ0) is 11.5. The molecule has 2 atom stereocenters. The van der Waals surface area contributed by atoms with Gasteiger partial charge in [0.25, 0.3) is 5.89 Å². The van der Waals surface area contributed by atoms with Crippen LogP contribution in [0.15, 0.2) is 4.52 Å². The van der Waals surface area contributed by atoms with Crippen molar-refractivity contribution in [3.05, 3.63) is 11.7 Å². The van der Waals surface area contributed by atoms with Gasteiger partial charge < -0.3 is 9.63 Å². The van der Waals surface area contributed by atoms with Gasteiger partial charge in [0.2, 0.25) is 0 Å². The molecule has 1 aromatic rings. The quantitative estimate of drug-likeness (QED) is 0.847. The lowest BCUT2D eigenvalue weighted by Crippen LogP contribution is -2.33. The van der Waals surface area contributed by atoms with Crippen LogP contribution in [-0.4, -0.2) is 33.2 Å². The van der Waals surface area contributed by atoms with Gasteiger partial charge in [-0.25, -0.2) is 0 Å². The van der Waals surface area contributed by atoms with Gasteiger partial charge in [0.05, 0.1) is 6.04 Å². The minimum absolute atomic E-state index is 0.259. The lowest BCUT2D eigenvalue weighted by Gasteiger charge is -2.32. The van der Waals surface area contributed by atoms with Crippen LogP contribution in [-0.2, 0) is 0 Å². The van der Waals surface area contributed by atoms with Crippen molar-refractivity contribution in [2.24, 2.45) is 0 Å². The molecule has 0 amide bonds. The number of likely N-dealkylation sites (tertiary alicyclic amines) is 1. The average molecular weight is 225 g/mol. The van der Waals surface area contributed by atoms with Crippen LogP contribution in [0.4, 0.5) is 0 Å². The highest BCUT2D eigenvalue weighted by atomic mass is 16.5. The number of rotatable bonds is 3. The summed E-state index contributed by atoms with van der Waals surface area (Å²) in [6.07, 6.45) is 2.84. The van der Waals surface area contributed by atoms with Crippen molar-refractivity contribution in [2.75, 3.05) is 13.1 Å². The summed E-state index contributed by atoms with van der Waals surface area (Å²) in [5, 5.41) is 13.3. The summed E-state index contributed by atoms with van der Waals surface area (Å²) in [5.74, 6) is 1.04. The van der Waals surface area contributed by atoms with E-state index in [9.17, 15) is 5.11 Å². The Bertz CT molecular complexity index is 338. The van der Waals surface area contributed by atoms with Gasteiger partial charge in [0.1, 0.15) is 6.10 Å². The van der Waals surface area contributed by atoms with Crippen LogP contribution in [0.2, 0.25) is 0 Å². The highest BCUT2D eigenvalue weighted by Crippen LogP contribution is 2.29. The summed E-state index contributed by atoms with van der Waals surface area (Å²) in [6.45, 7) is 5.88. The van der Waals surface area contributed by atoms with Crippen molar-refractivity contribution < 1.29 is 9.63 Å². The van der Waals surface area contributed by atoms with E-state index in [4.69, 9.17) is 4.52 Å². The third-order valence-corrected chi connectivity index (χ3v) is 3.13. The van der Waals surface area contributed by atoms with E-state index in [1.165, 1.54) is 12.8 Å². The first kappa shape index (κ1) is 11.5. The molecule has 2 heterocycles. The van der Waals surface area contributed by atoms with Crippen molar-refractivity contribution in [3.8, 4) is 0 Å². The topological polar surface area (TPSA) is 62.4 Å². The Kier molecular flexibility index (Phi) is 3.56. The highest BCUT2D eigenvalue weighted by Gasteiger charge is 2.27. The molecule has 1 aliphatic rings. The fraction of sp³-hybridized carbons (Fsp3) is 0.818. The number of piperidine rings is 1. The van der Waals surface area contributed by atoms with Crippen molar-refractivity contribution in [2.45, 2.75) is 45.3 Å². The minimum atomic E-state index is -0.681. The van der Waals surface area contributed by atoms with Crippen LogP contribution in [0.1, 0.15) is 57.0 Å². The maximum absolute atomic E-state index is 9.35. The Morgan fingerprint density at radius 2 is 2.38 bits per heavy atom. The van der Waals surface area contributed by atoms with E-state index in [1.807, 2.05) is 0 Å². The zero-order valence-corrected chi connectivity index (χ0v) is 9.89. The lowest BCUT2D eigenvalue weighted by molar-refractivity contribution is 0.144. The molecular weight excluding hydrogens is 206 g/mol. The Morgan fingerprint density at radius 1 is 1.56 bits per heavy atom. The van der Waals surface area contributed by atoms with Crippen LogP contribution >= 0.6 is 0 Å². The molecule has 5 heteroatoms. The number of hydrogen-bond donors (Lipinski definition) is 1. The monoisotopic (exact) mass is 225 g/mol. The minimum Gasteiger partial charge on any atom is -0.384 e. The molecule has 0 radical (unpaired) electrons. The SMILES string of the molecule is CCN1CCCCC1c1noc(C(C)O)n1. The molecule has 1 fully saturated rings. The molecule has 0 saturated carbocycles. The number of aliphatic hydroxyl groups is 1. The van der Waals surface area contributed by atoms with E-state index >= 15 is 0 Å². The van der Waals surface area contributed by atoms with Crippen LogP contribution in [0.3, 0.4) is 0 Å².